The van der Waals surface area contributed by atoms with Gasteiger partial charge in [0.1, 0.15) is 25.1 Å². The van der Waals surface area contributed by atoms with E-state index in [1.165, 1.54) is 25.2 Å². The molecule has 0 radical (unpaired) electrons. The highest BCUT2D eigenvalue weighted by Crippen LogP contribution is 2.32. The van der Waals surface area contributed by atoms with Gasteiger partial charge >= 0.3 is 14.0 Å². The molecule has 0 aliphatic carbocycles. The van der Waals surface area contributed by atoms with Gasteiger partial charge in [0.05, 0.1) is 12.6 Å². The van der Waals surface area contributed by atoms with Crippen LogP contribution in [0.25, 0.3) is 11.3 Å². The fourth-order valence-electron chi connectivity index (χ4n) is 4.32. The van der Waals surface area contributed by atoms with Crippen LogP contribution in [0.5, 0.6) is 0 Å². The van der Waals surface area contributed by atoms with Gasteiger partial charge < -0.3 is 30.2 Å². The average molecular weight is 582 g/mol. The van der Waals surface area contributed by atoms with Crippen molar-refractivity contribution in [2.24, 2.45) is 5.92 Å². The van der Waals surface area contributed by atoms with Crippen molar-refractivity contribution in [1.82, 2.24) is 16.0 Å². The maximum atomic E-state index is 13.0. The minimum atomic E-state index is -4.37. The quantitative estimate of drug-likeness (QED) is 0.0328. The van der Waals surface area contributed by atoms with Gasteiger partial charge in [0.2, 0.25) is 5.91 Å². The molecule has 13 nitrogen and oxygen atoms in total. The van der Waals surface area contributed by atoms with Gasteiger partial charge in [0.15, 0.2) is 5.76 Å². The number of quaternary nitrogens is 1. The third kappa shape index (κ3) is 9.68. The number of furan rings is 1. The summed E-state index contributed by atoms with van der Waals surface area (Å²) in [5, 5.41) is 17.8. The van der Waals surface area contributed by atoms with Gasteiger partial charge in [-0.3, -0.25) is 18.9 Å². The predicted octanol–water partition coefficient (Wildman–Crippen LogP) is 2.58. The fourth-order valence-corrected chi connectivity index (χ4v) is 4.67. The number of carbonyl (C=O) groups excluding carboxylic acids is 4. The van der Waals surface area contributed by atoms with Crippen molar-refractivity contribution >= 4 is 31.7 Å². The molecule has 1 unspecified atom stereocenters. The van der Waals surface area contributed by atoms with Crippen molar-refractivity contribution in [3.05, 3.63) is 47.7 Å². The van der Waals surface area contributed by atoms with Gasteiger partial charge in [-0.25, -0.2) is 10.0 Å². The largest absolute Gasteiger partial charge is 0.451 e. The normalized spacial score (nSPS) is 14.4. The third-order valence-corrected chi connectivity index (χ3v) is 7.01. The molecular weight excluding hydrogens is 543 g/mol. The van der Waals surface area contributed by atoms with E-state index in [0.717, 1.165) is 19.3 Å². The molecule has 2 rings (SSSR count). The molecular formula is C26H38N4O9P+. The number of unbranched alkanes of at least 4 members (excludes halogenated alkanes) is 2. The van der Waals surface area contributed by atoms with E-state index in [4.69, 9.17) is 14.2 Å². The molecule has 1 aromatic carbocycles. The number of hydrogen-bond acceptors (Lipinski definition) is 7. The number of rotatable bonds is 16. The molecule has 220 valence electrons. The second kappa shape index (κ2) is 14.9. The highest BCUT2D eigenvalue weighted by molar-refractivity contribution is 7.51. The van der Waals surface area contributed by atoms with E-state index in [2.05, 4.69) is 16.0 Å². The summed E-state index contributed by atoms with van der Waals surface area (Å²) < 4.78 is 15.6. The average Bonchev–Trinajstić information content (AvgIpc) is 3.41. The first-order valence-corrected chi connectivity index (χ1v) is 14.8. The number of nitrogens with zero attached hydrogens (tertiary/aromatic N) is 1. The second-order valence-electron chi connectivity index (χ2n) is 9.57. The van der Waals surface area contributed by atoms with Gasteiger partial charge in [-0.05, 0) is 30.7 Å². The first-order valence-electron chi connectivity index (χ1n) is 13.0. The zero-order valence-corrected chi connectivity index (χ0v) is 23.7. The number of nitrogens with one attached hydrogen (secondary N) is 3. The predicted molar refractivity (Wildman–Crippen MR) is 145 cm³/mol. The van der Waals surface area contributed by atoms with Gasteiger partial charge in [-0.1, -0.05) is 45.2 Å². The molecule has 1 heterocycles. The Morgan fingerprint density at radius 3 is 2.25 bits per heavy atom. The number of amides is 4. The third-order valence-electron chi connectivity index (χ3n) is 6.44. The van der Waals surface area contributed by atoms with E-state index in [0.29, 0.717) is 30.6 Å². The maximum absolute atomic E-state index is 13.0. The Balaban J connectivity index is 1.98. The van der Waals surface area contributed by atoms with Crippen LogP contribution >= 0.6 is 7.60 Å². The zero-order valence-electron chi connectivity index (χ0n) is 22.8. The van der Waals surface area contributed by atoms with Gasteiger partial charge in [-0.15, -0.1) is 4.65 Å². The van der Waals surface area contributed by atoms with E-state index in [1.807, 2.05) is 6.92 Å². The lowest BCUT2D eigenvalue weighted by Gasteiger charge is -2.32. The maximum Gasteiger partial charge on any atom is 0.344 e. The molecule has 40 heavy (non-hydrogen) atoms. The first kappa shape index (κ1) is 32.9. The molecule has 0 saturated carbocycles. The van der Waals surface area contributed by atoms with E-state index in [9.17, 15) is 29.0 Å². The van der Waals surface area contributed by atoms with E-state index < -0.39 is 42.3 Å². The smallest absolute Gasteiger partial charge is 0.344 e. The highest BCUT2D eigenvalue weighted by Gasteiger charge is 2.40. The summed E-state index contributed by atoms with van der Waals surface area (Å²) in [4.78, 5) is 66.8. The Labute approximate surface area is 232 Å². The molecule has 0 fully saturated rings. The first-order chi connectivity index (χ1) is 18.8. The number of hydroxylamine groups is 3. The van der Waals surface area contributed by atoms with Crippen LogP contribution in [0.4, 0.5) is 0 Å². The minimum Gasteiger partial charge on any atom is -0.451 e. The molecule has 3 atom stereocenters. The molecule has 6 N–H and O–H groups in total. The van der Waals surface area contributed by atoms with Crippen LogP contribution in [-0.4, -0.2) is 69.8 Å². The van der Waals surface area contributed by atoms with Crippen molar-refractivity contribution < 1.29 is 47.8 Å². The SMILES string of the molecule is CCCCC[C@@H](C(=O)NCNC(=O)c1ccc(-c2ccc(C(=O)NCP(=O)(O)O)cc2)o1)[C@@H](CC)[N+](C)(O)C=O. The number of hydrogen-bond donors (Lipinski definition) is 6. The molecule has 0 aliphatic heterocycles. The van der Waals surface area contributed by atoms with Gasteiger partial charge in [0.25, 0.3) is 11.8 Å². The van der Waals surface area contributed by atoms with E-state index in [1.54, 1.807) is 25.1 Å². The zero-order chi connectivity index (χ0) is 29.9. The number of carbonyl (C=O) groups is 4. The van der Waals surface area contributed by atoms with Crippen LogP contribution in [0.3, 0.4) is 0 Å². The molecule has 2 aromatic rings. The summed E-state index contributed by atoms with van der Waals surface area (Å²) in [6.45, 7) is 3.64. The standard InChI is InChI=1S/C26H37N4O9P/c1-4-6-7-8-20(21(5-2)30(3,35)17-31)25(33)27-15-28-26(34)23-14-13-22(39-23)18-9-11-19(12-10-18)24(32)29-16-40(36,37)38/h9-14,17,20-21,35H,4-8,15-16H2,1-3H3,(H4-,27,28,29,32,33,34,36,37,38)/p+1/t20-,21-,30?/m1/s1. The van der Waals surface area contributed by atoms with Crippen LogP contribution in [-0.2, 0) is 14.2 Å². The van der Waals surface area contributed by atoms with Crippen molar-refractivity contribution in [2.45, 2.75) is 52.0 Å². The lowest BCUT2D eigenvalue weighted by atomic mass is 9.89. The van der Waals surface area contributed by atoms with Crippen molar-refractivity contribution in [1.29, 1.82) is 0 Å². The van der Waals surface area contributed by atoms with Crippen LogP contribution in [0.2, 0.25) is 0 Å². The Bertz CT molecular complexity index is 1210. The van der Waals surface area contributed by atoms with Crippen LogP contribution < -0.4 is 16.0 Å². The summed E-state index contributed by atoms with van der Waals surface area (Å²) in [7, 11) is -3.04. The Kier molecular flexibility index (Phi) is 12.2. The van der Waals surface area contributed by atoms with Crippen molar-refractivity contribution in [3.63, 3.8) is 0 Å². The molecule has 1 aromatic heterocycles. The summed E-state index contributed by atoms with van der Waals surface area (Å²) in [5.41, 5.74) is 0.740. The van der Waals surface area contributed by atoms with E-state index in [-0.39, 0.29) is 23.9 Å². The van der Waals surface area contributed by atoms with Crippen molar-refractivity contribution in [2.75, 3.05) is 20.0 Å². The minimum absolute atomic E-state index is 0.0146. The molecule has 0 spiro atoms. The summed E-state index contributed by atoms with van der Waals surface area (Å²) in [6, 6.07) is 8.39. The topological polar surface area (TPSA) is 195 Å². The van der Waals surface area contributed by atoms with Crippen LogP contribution in [0.15, 0.2) is 40.8 Å². The Morgan fingerprint density at radius 2 is 1.68 bits per heavy atom. The Hall–Kier alpha value is -3.35. The monoisotopic (exact) mass is 581 g/mol. The lowest BCUT2D eigenvalue weighted by Crippen LogP contribution is -2.55. The summed E-state index contributed by atoms with van der Waals surface area (Å²) >= 11 is 0. The summed E-state index contributed by atoms with van der Waals surface area (Å²) in [6.07, 6.45) is 3.12. The van der Waals surface area contributed by atoms with Gasteiger partial charge in [0, 0.05) is 17.5 Å². The highest BCUT2D eigenvalue weighted by atomic mass is 31.2. The molecule has 14 heteroatoms. The molecule has 0 bridgehead atoms. The lowest BCUT2D eigenvalue weighted by molar-refractivity contribution is -1.04. The fraction of sp³-hybridized carbons (Fsp3) is 0.462. The van der Waals surface area contributed by atoms with Crippen LogP contribution in [0.1, 0.15) is 66.9 Å². The van der Waals surface area contributed by atoms with E-state index >= 15 is 0 Å². The molecule has 4 amide bonds. The molecule has 0 aliphatic rings. The second-order valence-corrected chi connectivity index (χ2v) is 11.2. The summed E-state index contributed by atoms with van der Waals surface area (Å²) in [5.74, 6) is -1.92. The Morgan fingerprint density at radius 1 is 1.00 bits per heavy atom. The van der Waals surface area contributed by atoms with Crippen LogP contribution in [0, 0.1) is 5.92 Å². The number of benzene rings is 1. The molecule has 0 saturated heterocycles. The van der Waals surface area contributed by atoms with Gasteiger partial charge in [-0.2, -0.15) is 0 Å². The van der Waals surface area contributed by atoms with Crippen molar-refractivity contribution in [3.8, 4) is 11.3 Å².